The molecule has 0 aliphatic rings. The van der Waals surface area contributed by atoms with Crippen LogP contribution in [0.5, 0.6) is 11.5 Å². The van der Waals surface area contributed by atoms with Gasteiger partial charge in [0.2, 0.25) is 0 Å². The number of phenolic OH excluding ortho intramolecular Hbond substituents is 1. The molecule has 8 N–H and O–H groups in total. The minimum absolute atomic E-state index is 0.161. The largest absolute Gasteiger partial charge is 0.508 e. The molecule has 410 valence electrons. The number of aromatic nitrogens is 3. The summed E-state index contributed by atoms with van der Waals surface area (Å²) < 4.78 is 11.9. The lowest BCUT2D eigenvalue weighted by atomic mass is 9.88. The summed E-state index contributed by atoms with van der Waals surface area (Å²) in [6, 6.07) is 32.9. The van der Waals surface area contributed by atoms with Crippen LogP contribution in [-0.2, 0) is 44.9 Å². The molecule has 0 saturated heterocycles. The van der Waals surface area contributed by atoms with E-state index in [1.165, 1.54) is 0 Å². The summed E-state index contributed by atoms with van der Waals surface area (Å²) in [5.74, 6) is 2.81. The average Bonchev–Trinajstić information content (AvgIpc) is 4.15. The van der Waals surface area contributed by atoms with Gasteiger partial charge in [0, 0.05) is 101 Å². The van der Waals surface area contributed by atoms with Crippen molar-refractivity contribution in [3.05, 3.63) is 143 Å². The molecule has 14 nitrogen and oxygen atoms in total. The highest BCUT2D eigenvalue weighted by Crippen LogP contribution is 2.31. The van der Waals surface area contributed by atoms with Crippen LogP contribution in [0.1, 0.15) is 115 Å². The zero-order valence-electron chi connectivity index (χ0n) is 47.1. The van der Waals surface area contributed by atoms with Gasteiger partial charge in [0.05, 0.1) is 25.2 Å². The van der Waals surface area contributed by atoms with Crippen molar-refractivity contribution >= 4 is 100 Å². The van der Waals surface area contributed by atoms with Gasteiger partial charge >= 0.3 is 0 Å². The topological polar surface area (TPSA) is 236 Å². The molecule has 0 fully saturated rings. The summed E-state index contributed by atoms with van der Waals surface area (Å²) in [4.78, 5) is 72.1. The molecular formula is C63H74N6O8S. The molecule has 0 bridgehead atoms. The van der Waals surface area contributed by atoms with Crippen molar-refractivity contribution in [2.75, 3.05) is 23.9 Å². The molecule has 0 aliphatic heterocycles. The number of benzene rings is 4. The number of pyridine rings is 1. The van der Waals surface area contributed by atoms with Crippen molar-refractivity contribution in [3.63, 3.8) is 0 Å². The SMILES string of the molecule is CC(C)(C)C(=O)Cc1cc2cc(N)ccc2o1.CC(C)(C)C(=O)Cc1cc2cc(NC(=O)c3ccc(N)cc3)ncc2[nH]1.CC(C)(C)C(=O)Cc1cc2cc(O)ccc2s1.COc1ccc2[nH]c(CC(=O)C(C)(C)C)cc2c1. The number of rotatable bonds is 11. The second-order valence-electron chi connectivity index (χ2n) is 23.6. The second kappa shape index (κ2) is 24.1. The van der Waals surface area contributed by atoms with E-state index >= 15 is 0 Å². The summed E-state index contributed by atoms with van der Waals surface area (Å²) in [5, 5.41) is 16.1. The fraction of sp³-hybridized carbons (Fsp3) is 0.333. The maximum absolute atomic E-state index is 12.3. The third-order valence-electron chi connectivity index (χ3n) is 12.7. The van der Waals surface area contributed by atoms with Crippen LogP contribution in [-0.4, -0.2) is 56.2 Å². The number of Topliss-reactive ketones (excluding diaryl/α,β-unsaturated/α-hetero) is 4. The Hall–Kier alpha value is -8.04. The van der Waals surface area contributed by atoms with E-state index in [1.54, 1.807) is 73.2 Å². The molecule has 0 unspecified atom stereocenters. The number of anilines is 3. The van der Waals surface area contributed by atoms with Gasteiger partial charge in [-0.1, -0.05) is 83.1 Å². The van der Waals surface area contributed by atoms with E-state index in [2.05, 4.69) is 20.3 Å². The van der Waals surface area contributed by atoms with Crippen molar-refractivity contribution in [1.29, 1.82) is 0 Å². The minimum Gasteiger partial charge on any atom is -0.508 e. The normalized spacial score (nSPS) is 11.8. The lowest BCUT2D eigenvalue weighted by Crippen LogP contribution is -2.22. The van der Waals surface area contributed by atoms with Crippen LogP contribution in [0.15, 0.2) is 120 Å². The Morgan fingerprint density at radius 1 is 0.577 bits per heavy atom. The lowest BCUT2D eigenvalue weighted by molar-refractivity contribution is -0.126. The number of carbonyl (C=O) groups is 5. The van der Waals surface area contributed by atoms with Gasteiger partial charge in [0.1, 0.15) is 51.8 Å². The number of nitrogens with one attached hydrogen (secondary N) is 3. The van der Waals surface area contributed by atoms with Gasteiger partial charge in [0.25, 0.3) is 5.91 Å². The number of fused-ring (bicyclic) bond motifs is 4. The number of nitrogens with zero attached hydrogens (tertiary/aromatic N) is 1. The van der Waals surface area contributed by atoms with Crippen LogP contribution >= 0.6 is 11.3 Å². The number of furan rings is 1. The first-order valence-corrected chi connectivity index (χ1v) is 26.6. The van der Waals surface area contributed by atoms with E-state index in [0.717, 1.165) is 64.9 Å². The molecule has 4 aromatic carbocycles. The van der Waals surface area contributed by atoms with E-state index in [9.17, 15) is 29.1 Å². The number of thiophene rings is 1. The molecule has 0 aliphatic carbocycles. The molecule has 5 heterocycles. The van der Waals surface area contributed by atoms with Gasteiger partial charge in [-0.3, -0.25) is 24.0 Å². The third kappa shape index (κ3) is 16.5. The summed E-state index contributed by atoms with van der Waals surface area (Å²) >= 11 is 1.62. The number of aromatic amines is 2. The van der Waals surface area contributed by atoms with Crippen molar-refractivity contribution < 1.29 is 38.2 Å². The number of H-pyrrole nitrogens is 2. The molecule has 9 aromatic rings. The number of nitrogens with two attached hydrogens (primary N) is 2. The zero-order chi connectivity index (χ0) is 57.5. The Bertz CT molecular complexity index is 3500. The first kappa shape index (κ1) is 59.2. The lowest BCUT2D eigenvalue weighted by Gasteiger charge is -2.15. The Labute approximate surface area is 460 Å². The molecule has 78 heavy (non-hydrogen) atoms. The number of ketones is 4. The number of hydrogen-bond acceptors (Lipinski definition) is 12. The molecule has 15 heteroatoms. The molecular weight excluding hydrogens is 1000 g/mol. The first-order valence-electron chi connectivity index (χ1n) is 25.8. The highest BCUT2D eigenvalue weighted by atomic mass is 32.1. The van der Waals surface area contributed by atoms with E-state index in [1.807, 2.05) is 144 Å². The summed E-state index contributed by atoms with van der Waals surface area (Å²) in [6.07, 6.45) is 3.24. The Kier molecular flexibility index (Phi) is 18.3. The van der Waals surface area contributed by atoms with Crippen molar-refractivity contribution in [3.8, 4) is 11.5 Å². The summed E-state index contributed by atoms with van der Waals surface area (Å²) in [5.41, 5.74) is 16.3. The third-order valence-corrected chi connectivity index (χ3v) is 13.8. The molecule has 0 saturated carbocycles. The molecule has 0 atom stereocenters. The predicted octanol–water partition coefficient (Wildman–Crippen LogP) is 13.8. The standard InChI is InChI=1S/C20H22N4O2.C15H19NO2.C14H17NO2.C14H16O2S/c1-20(2,3)17(25)10-15-8-13-9-18(22-11-16(13)23-15)24-19(26)12-4-6-14(21)7-5-12;1-15(2,3)14(17)9-11-7-10-8-12(18-4)5-6-13(10)16-11;2*1-14(2,3)13(16)8-11-7-9-6-10(15)4-5-12(9)17-11/h4-9,11,23H,10,21H2,1-3H3,(H,22,24,26);5-8,16H,9H2,1-4H3;4-7H,8,15H2,1-3H3;4-7,15H,8H2,1-3H3. The summed E-state index contributed by atoms with van der Waals surface area (Å²) in [7, 11) is 1.65. The number of methoxy groups -OCH3 is 1. The molecule has 9 rings (SSSR count). The van der Waals surface area contributed by atoms with E-state index in [-0.39, 0.29) is 56.4 Å². The van der Waals surface area contributed by atoms with Gasteiger partial charge in [0.15, 0.2) is 0 Å². The maximum atomic E-state index is 12.3. The zero-order valence-corrected chi connectivity index (χ0v) is 47.9. The predicted molar refractivity (Wildman–Crippen MR) is 317 cm³/mol. The number of ether oxygens (including phenoxy) is 1. The first-order chi connectivity index (χ1) is 36.3. The average molecular weight is 1080 g/mol. The van der Waals surface area contributed by atoms with E-state index in [0.29, 0.717) is 54.2 Å². The van der Waals surface area contributed by atoms with Gasteiger partial charge in [-0.2, -0.15) is 0 Å². The number of amides is 1. The fourth-order valence-electron chi connectivity index (χ4n) is 7.57. The van der Waals surface area contributed by atoms with Gasteiger partial charge in [-0.25, -0.2) is 4.98 Å². The number of carbonyl (C=O) groups excluding carboxylic acids is 5. The van der Waals surface area contributed by atoms with Crippen molar-refractivity contribution in [2.45, 2.75) is 109 Å². The van der Waals surface area contributed by atoms with Crippen molar-refractivity contribution in [1.82, 2.24) is 15.0 Å². The smallest absolute Gasteiger partial charge is 0.256 e. The summed E-state index contributed by atoms with van der Waals surface area (Å²) in [6.45, 7) is 23.1. The quantitative estimate of drug-likeness (QED) is 0.0666. The minimum atomic E-state index is -0.381. The van der Waals surface area contributed by atoms with Gasteiger partial charge in [-0.15, -0.1) is 11.3 Å². The number of nitrogen functional groups attached to an aromatic ring is 2. The monoisotopic (exact) mass is 1070 g/mol. The number of hydrogen-bond donors (Lipinski definition) is 6. The van der Waals surface area contributed by atoms with E-state index < -0.39 is 0 Å². The maximum Gasteiger partial charge on any atom is 0.256 e. The Balaban J connectivity index is 0.000000171. The van der Waals surface area contributed by atoms with Crippen LogP contribution in [0, 0.1) is 21.7 Å². The molecule has 5 aromatic heterocycles. The Morgan fingerprint density at radius 3 is 1.72 bits per heavy atom. The highest BCUT2D eigenvalue weighted by molar-refractivity contribution is 7.19. The molecule has 0 radical (unpaired) electrons. The van der Waals surface area contributed by atoms with Crippen molar-refractivity contribution in [2.24, 2.45) is 21.7 Å². The fourth-order valence-corrected chi connectivity index (χ4v) is 8.61. The Morgan fingerprint density at radius 2 is 1.13 bits per heavy atom. The van der Waals surface area contributed by atoms with Crippen LogP contribution in [0.4, 0.5) is 17.2 Å². The number of phenols is 1. The van der Waals surface area contributed by atoms with Crippen LogP contribution in [0.2, 0.25) is 0 Å². The van der Waals surface area contributed by atoms with Gasteiger partial charge in [-0.05, 0) is 115 Å². The molecule has 0 spiro atoms. The second-order valence-corrected chi connectivity index (χ2v) is 24.8. The van der Waals surface area contributed by atoms with Crippen LogP contribution in [0.25, 0.3) is 42.9 Å². The van der Waals surface area contributed by atoms with Crippen LogP contribution < -0.4 is 21.5 Å². The van der Waals surface area contributed by atoms with Gasteiger partial charge < -0.3 is 41.0 Å². The van der Waals surface area contributed by atoms with E-state index in [4.69, 9.17) is 20.6 Å². The number of aromatic hydroxyl groups is 1. The molecule has 1 amide bonds. The van der Waals surface area contributed by atoms with Crippen LogP contribution in [0.3, 0.4) is 0 Å². The highest BCUT2D eigenvalue weighted by Gasteiger charge is 2.25.